The summed E-state index contributed by atoms with van der Waals surface area (Å²) in [5, 5.41) is 4.27. The molecular weight excluding hydrogens is 413 g/mol. The van der Waals surface area contributed by atoms with Crippen LogP contribution in [0.25, 0.3) is 16.5 Å². The van der Waals surface area contributed by atoms with E-state index in [1.165, 1.54) is 11.6 Å². The van der Waals surface area contributed by atoms with Crippen LogP contribution >= 0.6 is 11.6 Å². The molecule has 4 rings (SSSR count). The lowest BCUT2D eigenvalue weighted by molar-refractivity contribution is -0.121. The number of rotatable bonds is 6. The normalized spacial score (nSPS) is 23.6. The third kappa shape index (κ3) is 4.93. The molecule has 1 heterocycles. The highest BCUT2D eigenvalue weighted by Gasteiger charge is 2.38. The third-order valence-electron chi connectivity index (χ3n) is 6.18. The van der Waals surface area contributed by atoms with Crippen LogP contribution in [-0.2, 0) is 4.79 Å². The quantitative estimate of drug-likeness (QED) is 0.445. The van der Waals surface area contributed by atoms with Gasteiger partial charge in [0.05, 0.1) is 5.52 Å². The van der Waals surface area contributed by atoms with E-state index < -0.39 is 0 Å². The fraction of sp³-hybridized carbons (Fsp3) is 0.320. The van der Waals surface area contributed by atoms with E-state index in [1.807, 2.05) is 6.07 Å². The first-order chi connectivity index (χ1) is 14.9. The van der Waals surface area contributed by atoms with Crippen LogP contribution in [0.4, 0.5) is 4.39 Å². The van der Waals surface area contributed by atoms with Gasteiger partial charge >= 0.3 is 0 Å². The average Bonchev–Trinajstić information content (AvgIpc) is 3.28. The van der Waals surface area contributed by atoms with Gasteiger partial charge in [-0.3, -0.25) is 9.78 Å². The summed E-state index contributed by atoms with van der Waals surface area (Å²) in [5.74, 6) is 1.44. The molecule has 0 unspecified atom stereocenters. The monoisotopic (exact) mass is 437 g/mol. The number of halogens is 2. The molecule has 2 aliphatic carbocycles. The second-order valence-electron chi connectivity index (χ2n) is 8.39. The van der Waals surface area contributed by atoms with E-state index in [-0.39, 0.29) is 11.7 Å². The first-order valence-corrected chi connectivity index (χ1v) is 10.9. The summed E-state index contributed by atoms with van der Waals surface area (Å²) >= 11 is 5.82. The molecule has 0 bridgehead atoms. The number of hydrogen-bond acceptors (Lipinski definition) is 3. The molecule has 160 valence electrons. The molecule has 0 saturated heterocycles. The van der Waals surface area contributed by atoms with Gasteiger partial charge in [0.15, 0.2) is 0 Å². The lowest BCUT2D eigenvalue weighted by atomic mass is 9.94. The van der Waals surface area contributed by atoms with Gasteiger partial charge in [-0.15, -0.1) is 0 Å². The number of aliphatic imine (C=N–C) groups is 1. The second-order valence-corrected chi connectivity index (χ2v) is 8.99. The SMILES string of the molecule is C=N/C(=C\C=C(/C)Cl)NC(=O)C[C@@H]1C[C@@H]2CC(c3ccnc4ccc(F)cc34)=C[C@@H]2C1. The fourth-order valence-corrected chi connectivity index (χ4v) is 4.94. The van der Waals surface area contributed by atoms with Crippen LogP contribution < -0.4 is 5.32 Å². The molecule has 0 aliphatic heterocycles. The van der Waals surface area contributed by atoms with Crippen molar-refractivity contribution in [1.29, 1.82) is 0 Å². The number of allylic oxidation sites excluding steroid dienone is 5. The molecule has 1 aromatic carbocycles. The van der Waals surface area contributed by atoms with E-state index in [4.69, 9.17) is 11.6 Å². The summed E-state index contributed by atoms with van der Waals surface area (Å²) in [6, 6.07) is 6.72. The summed E-state index contributed by atoms with van der Waals surface area (Å²) in [6.07, 6.45) is 10.9. The summed E-state index contributed by atoms with van der Waals surface area (Å²) in [4.78, 5) is 20.6. The van der Waals surface area contributed by atoms with E-state index in [9.17, 15) is 9.18 Å². The van der Waals surface area contributed by atoms with Crippen LogP contribution in [0.15, 0.2) is 64.5 Å². The van der Waals surface area contributed by atoms with Crippen molar-refractivity contribution >= 4 is 40.7 Å². The molecule has 6 heteroatoms. The van der Waals surface area contributed by atoms with Crippen molar-refractivity contribution in [2.75, 3.05) is 0 Å². The topological polar surface area (TPSA) is 54.4 Å². The molecule has 2 aliphatic rings. The zero-order valence-corrected chi connectivity index (χ0v) is 18.2. The van der Waals surface area contributed by atoms with E-state index in [0.29, 0.717) is 35.0 Å². The maximum atomic E-state index is 13.8. The molecule has 3 atom stereocenters. The van der Waals surface area contributed by atoms with Crippen molar-refractivity contribution in [2.24, 2.45) is 22.7 Å². The number of hydrogen-bond donors (Lipinski definition) is 1. The van der Waals surface area contributed by atoms with E-state index in [1.54, 1.807) is 37.4 Å². The van der Waals surface area contributed by atoms with Gasteiger partial charge in [-0.05, 0) is 98.2 Å². The van der Waals surface area contributed by atoms with Crippen LogP contribution in [0.2, 0.25) is 0 Å². The van der Waals surface area contributed by atoms with Gasteiger partial charge in [0.25, 0.3) is 0 Å². The molecular formula is C25H25ClFN3O. The molecule has 1 amide bonds. The van der Waals surface area contributed by atoms with Crippen molar-refractivity contribution in [3.63, 3.8) is 0 Å². The Balaban J connectivity index is 1.41. The highest BCUT2D eigenvalue weighted by Crippen LogP contribution is 2.49. The third-order valence-corrected chi connectivity index (χ3v) is 6.30. The minimum atomic E-state index is -0.245. The van der Waals surface area contributed by atoms with Gasteiger partial charge in [-0.2, -0.15) is 0 Å². The Morgan fingerprint density at radius 1 is 1.35 bits per heavy atom. The summed E-state index contributed by atoms with van der Waals surface area (Å²) < 4.78 is 13.8. The number of nitrogens with one attached hydrogen (secondary N) is 1. The van der Waals surface area contributed by atoms with Crippen LogP contribution in [0, 0.1) is 23.6 Å². The number of pyridine rings is 1. The standard InChI is InChI=1S/C25H25ClFN3O/c1-15(26)3-6-24(28-2)30-25(31)11-16-9-17-12-19(13-18(17)10-16)21-7-8-29-23-5-4-20(27)14-22(21)23/h3-8,12,14,16-18H,2,9-11,13H2,1H3,(H,30,31)/b15-3+,24-6+/t16-,17-,18+/m0/s1. The maximum absolute atomic E-state index is 13.8. The number of aromatic nitrogens is 1. The van der Waals surface area contributed by atoms with Gasteiger partial charge in [0.1, 0.15) is 11.6 Å². The fourth-order valence-electron chi connectivity index (χ4n) is 4.87. The summed E-state index contributed by atoms with van der Waals surface area (Å²) in [6.45, 7) is 5.25. The van der Waals surface area contributed by atoms with Crippen molar-refractivity contribution < 1.29 is 9.18 Å². The Kier molecular flexibility index (Phi) is 6.33. The van der Waals surface area contributed by atoms with Gasteiger partial charge in [-0.25, -0.2) is 9.38 Å². The highest BCUT2D eigenvalue weighted by molar-refractivity contribution is 6.29. The Hall–Kier alpha value is -2.79. The lowest BCUT2D eigenvalue weighted by Gasteiger charge is -2.13. The first-order valence-electron chi connectivity index (χ1n) is 10.5. The molecule has 0 radical (unpaired) electrons. The minimum absolute atomic E-state index is 0.0518. The maximum Gasteiger partial charge on any atom is 0.225 e. The van der Waals surface area contributed by atoms with Gasteiger partial charge in [0, 0.05) is 23.0 Å². The number of carbonyl (C=O) groups is 1. The molecule has 4 nitrogen and oxygen atoms in total. The summed E-state index contributed by atoms with van der Waals surface area (Å²) in [5.41, 5.74) is 3.15. The molecule has 0 spiro atoms. The molecule has 2 aromatic rings. The Morgan fingerprint density at radius 3 is 2.94 bits per heavy atom. The lowest BCUT2D eigenvalue weighted by Crippen LogP contribution is -2.23. The number of amides is 1. The Morgan fingerprint density at radius 2 is 2.19 bits per heavy atom. The predicted molar refractivity (Wildman–Crippen MR) is 124 cm³/mol. The molecule has 1 saturated carbocycles. The molecule has 31 heavy (non-hydrogen) atoms. The second kappa shape index (κ2) is 9.15. The Labute approximate surface area is 186 Å². The minimum Gasteiger partial charge on any atom is -0.311 e. The molecule has 1 N–H and O–H groups in total. The van der Waals surface area contributed by atoms with E-state index in [2.05, 4.69) is 28.1 Å². The van der Waals surface area contributed by atoms with Crippen molar-refractivity contribution in [3.8, 4) is 0 Å². The number of fused-ring (bicyclic) bond motifs is 2. The van der Waals surface area contributed by atoms with E-state index >= 15 is 0 Å². The smallest absolute Gasteiger partial charge is 0.225 e. The predicted octanol–water partition coefficient (Wildman–Crippen LogP) is 5.99. The van der Waals surface area contributed by atoms with Crippen LogP contribution in [0.3, 0.4) is 0 Å². The molecule has 1 fully saturated rings. The zero-order valence-electron chi connectivity index (χ0n) is 17.4. The van der Waals surface area contributed by atoms with Crippen LogP contribution in [0.1, 0.15) is 38.2 Å². The van der Waals surface area contributed by atoms with Gasteiger partial charge in [-0.1, -0.05) is 17.7 Å². The largest absolute Gasteiger partial charge is 0.311 e. The van der Waals surface area contributed by atoms with Gasteiger partial charge < -0.3 is 5.32 Å². The van der Waals surface area contributed by atoms with Crippen molar-refractivity contribution in [3.05, 3.63) is 70.9 Å². The zero-order chi connectivity index (χ0) is 22.0. The van der Waals surface area contributed by atoms with Crippen molar-refractivity contribution in [1.82, 2.24) is 10.3 Å². The Bertz CT molecular complexity index is 1120. The first kappa shape index (κ1) is 21.4. The number of nitrogens with zero attached hydrogens (tertiary/aromatic N) is 2. The van der Waals surface area contributed by atoms with E-state index in [0.717, 1.165) is 35.7 Å². The summed E-state index contributed by atoms with van der Waals surface area (Å²) in [7, 11) is 0. The van der Waals surface area contributed by atoms with Gasteiger partial charge in [0.2, 0.25) is 5.91 Å². The van der Waals surface area contributed by atoms with Crippen LogP contribution in [0.5, 0.6) is 0 Å². The average molecular weight is 438 g/mol. The highest BCUT2D eigenvalue weighted by atomic mass is 35.5. The molecule has 1 aromatic heterocycles. The van der Waals surface area contributed by atoms with Crippen LogP contribution in [-0.4, -0.2) is 17.6 Å². The van der Waals surface area contributed by atoms with Crippen molar-refractivity contribution in [2.45, 2.75) is 32.6 Å². The number of benzene rings is 1. The number of carbonyl (C=O) groups excluding carboxylic acids is 1.